The average Bonchev–Trinajstić information content (AvgIpc) is 3.29. The fourth-order valence-corrected chi connectivity index (χ4v) is 3.24. The summed E-state index contributed by atoms with van der Waals surface area (Å²) in [5, 5.41) is 11.2. The van der Waals surface area contributed by atoms with Crippen molar-refractivity contribution in [3.8, 4) is 11.6 Å². The minimum Gasteiger partial charge on any atom is -0.461 e. The lowest BCUT2D eigenvalue weighted by Crippen LogP contribution is -2.23. The molecule has 1 amide bonds. The van der Waals surface area contributed by atoms with Crippen LogP contribution < -0.4 is 5.32 Å². The van der Waals surface area contributed by atoms with Crippen molar-refractivity contribution in [1.29, 1.82) is 0 Å². The molecule has 1 N–H and O–H groups in total. The molecule has 6 nitrogen and oxygen atoms in total. The highest BCUT2D eigenvalue weighted by Gasteiger charge is 2.21. The zero-order valence-corrected chi connectivity index (χ0v) is 15.8. The maximum atomic E-state index is 13.7. The second-order valence-electron chi connectivity index (χ2n) is 5.90. The smallest absolute Gasteiger partial charge is 0.237 e. The van der Waals surface area contributed by atoms with Crippen molar-refractivity contribution in [2.24, 2.45) is 0 Å². The van der Waals surface area contributed by atoms with E-state index in [0.29, 0.717) is 34.5 Å². The van der Waals surface area contributed by atoms with Crippen LogP contribution in [-0.2, 0) is 11.3 Å². The molecule has 2 aromatic heterocycles. The molecule has 0 aliphatic heterocycles. The van der Waals surface area contributed by atoms with Crippen LogP contribution in [0, 0.1) is 12.7 Å². The average molecular weight is 386 g/mol. The van der Waals surface area contributed by atoms with Gasteiger partial charge in [-0.25, -0.2) is 4.39 Å². The van der Waals surface area contributed by atoms with Crippen LogP contribution in [0.2, 0.25) is 0 Å². The number of halogens is 1. The Kier molecular flexibility index (Phi) is 5.75. The van der Waals surface area contributed by atoms with Gasteiger partial charge in [0, 0.05) is 12.2 Å². The normalized spacial score (nSPS) is 12.0. The van der Waals surface area contributed by atoms with E-state index in [0.717, 1.165) is 0 Å². The van der Waals surface area contributed by atoms with Gasteiger partial charge in [-0.1, -0.05) is 23.9 Å². The Morgan fingerprint density at radius 2 is 2.26 bits per heavy atom. The third-order valence-electron chi connectivity index (χ3n) is 3.86. The molecule has 3 aromatic rings. The van der Waals surface area contributed by atoms with Gasteiger partial charge in [0.15, 0.2) is 10.9 Å². The minimum atomic E-state index is -0.466. The summed E-state index contributed by atoms with van der Waals surface area (Å²) in [6.07, 6.45) is 3.28. The molecule has 0 bridgehead atoms. The van der Waals surface area contributed by atoms with Crippen LogP contribution in [0.25, 0.3) is 11.6 Å². The number of aryl methyl sites for hydroxylation is 1. The number of hydrogen-bond donors (Lipinski definition) is 1. The van der Waals surface area contributed by atoms with Gasteiger partial charge in [-0.05, 0) is 43.7 Å². The summed E-state index contributed by atoms with van der Waals surface area (Å²) in [6, 6.07) is 8.16. The SMILES string of the molecule is C=CCn1c(SC(C)C(=O)Nc2ccc(C)c(F)c2)nnc1-c1ccco1. The van der Waals surface area contributed by atoms with Gasteiger partial charge in [0.2, 0.25) is 11.7 Å². The minimum absolute atomic E-state index is 0.254. The quantitative estimate of drug-likeness (QED) is 0.484. The maximum Gasteiger partial charge on any atom is 0.237 e. The summed E-state index contributed by atoms with van der Waals surface area (Å²) in [5.74, 6) is 0.539. The number of nitrogens with one attached hydrogen (secondary N) is 1. The van der Waals surface area contributed by atoms with E-state index in [1.807, 2.05) is 4.57 Å². The lowest BCUT2D eigenvalue weighted by atomic mass is 10.2. The van der Waals surface area contributed by atoms with Crippen molar-refractivity contribution in [3.63, 3.8) is 0 Å². The van der Waals surface area contributed by atoms with Gasteiger partial charge in [-0.15, -0.1) is 16.8 Å². The Morgan fingerprint density at radius 3 is 2.93 bits per heavy atom. The first-order valence-electron chi connectivity index (χ1n) is 8.31. The van der Waals surface area contributed by atoms with Gasteiger partial charge in [0.05, 0.1) is 11.5 Å². The van der Waals surface area contributed by atoms with Crippen LogP contribution in [0.3, 0.4) is 0 Å². The maximum absolute atomic E-state index is 13.7. The molecule has 1 unspecified atom stereocenters. The van der Waals surface area contributed by atoms with Crippen molar-refractivity contribution in [3.05, 3.63) is 60.6 Å². The molecule has 0 fully saturated rings. The highest BCUT2D eigenvalue weighted by atomic mass is 32.2. The van der Waals surface area contributed by atoms with Gasteiger partial charge < -0.3 is 9.73 Å². The van der Waals surface area contributed by atoms with Gasteiger partial charge in [-0.3, -0.25) is 9.36 Å². The summed E-state index contributed by atoms with van der Waals surface area (Å²) in [4.78, 5) is 12.5. The highest BCUT2D eigenvalue weighted by Crippen LogP contribution is 2.28. The lowest BCUT2D eigenvalue weighted by Gasteiger charge is -2.13. The number of furan rings is 1. The predicted octanol–water partition coefficient (Wildman–Crippen LogP) is 4.29. The van der Waals surface area contributed by atoms with E-state index >= 15 is 0 Å². The van der Waals surface area contributed by atoms with E-state index in [4.69, 9.17) is 4.42 Å². The molecule has 0 saturated heterocycles. The molecule has 2 heterocycles. The third kappa shape index (κ3) is 4.28. The fraction of sp³-hybridized carbons (Fsp3) is 0.211. The number of benzene rings is 1. The van der Waals surface area contributed by atoms with Gasteiger partial charge in [0.1, 0.15) is 5.82 Å². The van der Waals surface area contributed by atoms with Crippen molar-refractivity contribution >= 4 is 23.4 Å². The molecule has 0 aliphatic carbocycles. The Morgan fingerprint density at radius 1 is 1.44 bits per heavy atom. The van der Waals surface area contributed by atoms with Gasteiger partial charge >= 0.3 is 0 Å². The van der Waals surface area contributed by atoms with E-state index in [1.54, 1.807) is 50.5 Å². The summed E-state index contributed by atoms with van der Waals surface area (Å²) in [6.45, 7) is 7.65. The monoisotopic (exact) mass is 386 g/mol. The highest BCUT2D eigenvalue weighted by molar-refractivity contribution is 8.00. The number of allylic oxidation sites excluding steroid dienone is 1. The van der Waals surface area contributed by atoms with Crippen LogP contribution in [0.1, 0.15) is 12.5 Å². The third-order valence-corrected chi connectivity index (χ3v) is 4.94. The zero-order valence-electron chi connectivity index (χ0n) is 15.0. The van der Waals surface area contributed by atoms with Crippen LogP contribution in [0.5, 0.6) is 0 Å². The molecule has 0 spiro atoms. The van der Waals surface area contributed by atoms with E-state index in [1.165, 1.54) is 17.8 Å². The Labute approximate surface area is 160 Å². The second kappa shape index (κ2) is 8.22. The second-order valence-corrected chi connectivity index (χ2v) is 7.20. The van der Waals surface area contributed by atoms with Crippen LogP contribution >= 0.6 is 11.8 Å². The van der Waals surface area contributed by atoms with Crippen molar-refractivity contribution in [2.75, 3.05) is 5.32 Å². The Bertz CT molecular complexity index is 953. The van der Waals surface area contributed by atoms with E-state index in [-0.39, 0.29) is 11.7 Å². The van der Waals surface area contributed by atoms with Crippen molar-refractivity contribution in [2.45, 2.75) is 30.8 Å². The molecule has 1 atom stereocenters. The first-order valence-corrected chi connectivity index (χ1v) is 9.19. The number of hydrogen-bond acceptors (Lipinski definition) is 5. The zero-order chi connectivity index (χ0) is 19.4. The van der Waals surface area contributed by atoms with E-state index < -0.39 is 5.25 Å². The Balaban J connectivity index is 1.75. The number of thioether (sulfide) groups is 1. The molecule has 0 saturated carbocycles. The van der Waals surface area contributed by atoms with E-state index in [2.05, 4.69) is 22.1 Å². The van der Waals surface area contributed by atoms with Crippen molar-refractivity contribution in [1.82, 2.24) is 14.8 Å². The largest absolute Gasteiger partial charge is 0.461 e. The molecule has 3 rings (SSSR count). The van der Waals surface area contributed by atoms with Gasteiger partial charge in [0.25, 0.3) is 0 Å². The number of aromatic nitrogens is 3. The summed E-state index contributed by atoms with van der Waals surface area (Å²) >= 11 is 1.26. The first-order chi connectivity index (χ1) is 13.0. The number of nitrogens with zero attached hydrogens (tertiary/aromatic N) is 3. The standard InChI is InChI=1S/C19H19FN4O2S/c1-4-9-24-17(16-6-5-10-26-16)22-23-19(24)27-13(3)18(25)21-14-8-7-12(2)15(20)11-14/h4-8,10-11,13H,1,9H2,2-3H3,(H,21,25). The predicted molar refractivity (Wildman–Crippen MR) is 103 cm³/mol. The first kappa shape index (κ1) is 18.9. The summed E-state index contributed by atoms with van der Waals surface area (Å²) in [7, 11) is 0. The van der Waals surface area contributed by atoms with E-state index in [9.17, 15) is 9.18 Å². The van der Waals surface area contributed by atoms with Crippen molar-refractivity contribution < 1.29 is 13.6 Å². The van der Waals surface area contributed by atoms with Crippen LogP contribution in [-0.4, -0.2) is 25.9 Å². The number of carbonyl (C=O) groups excluding carboxylic acids is 1. The van der Waals surface area contributed by atoms with Crippen LogP contribution in [0.15, 0.2) is 58.8 Å². The molecular formula is C19H19FN4O2S. The number of rotatable bonds is 7. The number of carbonyl (C=O) groups is 1. The molecular weight excluding hydrogens is 367 g/mol. The summed E-state index contributed by atoms with van der Waals surface area (Å²) < 4.78 is 20.9. The topological polar surface area (TPSA) is 73.0 Å². The summed E-state index contributed by atoms with van der Waals surface area (Å²) in [5.41, 5.74) is 0.942. The number of anilines is 1. The molecule has 8 heteroatoms. The molecule has 140 valence electrons. The lowest BCUT2D eigenvalue weighted by molar-refractivity contribution is -0.115. The van der Waals surface area contributed by atoms with Gasteiger partial charge in [-0.2, -0.15) is 0 Å². The molecule has 27 heavy (non-hydrogen) atoms. The molecule has 0 radical (unpaired) electrons. The molecule has 1 aromatic carbocycles. The number of amides is 1. The molecule has 0 aliphatic rings. The Hall–Kier alpha value is -2.87. The van der Waals surface area contributed by atoms with Crippen LogP contribution in [0.4, 0.5) is 10.1 Å². The fourth-order valence-electron chi connectivity index (χ4n) is 2.38.